The molecule has 0 spiro atoms. The fourth-order valence-corrected chi connectivity index (χ4v) is 3.11. The summed E-state index contributed by atoms with van der Waals surface area (Å²) in [4.78, 5) is -0.261. The summed E-state index contributed by atoms with van der Waals surface area (Å²) in [6.45, 7) is 0. The van der Waals surface area contributed by atoms with Gasteiger partial charge < -0.3 is 5.11 Å². The maximum Gasteiger partial charge on any atom is 0.294 e. The number of azo groups is 1. The van der Waals surface area contributed by atoms with Crippen LogP contribution in [0.15, 0.2) is 51.5 Å². The summed E-state index contributed by atoms with van der Waals surface area (Å²) in [5, 5.41) is 27.1. The van der Waals surface area contributed by atoms with Crippen molar-refractivity contribution in [2.24, 2.45) is 10.2 Å². The molecule has 0 aliphatic rings. The molecule has 120 valence electrons. The average molecular weight is 360 g/mol. The molecule has 0 fully saturated rings. The van der Waals surface area contributed by atoms with E-state index in [0.29, 0.717) is 21.6 Å². The molecule has 24 heavy (non-hydrogen) atoms. The lowest BCUT2D eigenvalue weighted by Crippen LogP contribution is -1.96. The average Bonchev–Trinajstić information content (AvgIpc) is 2.95. The molecule has 0 aliphatic carbocycles. The number of hydrogen-bond donors (Lipinski definition) is 2. The molecule has 0 unspecified atom stereocenters. The van der Waals surface area contributed by atoms with Gasteiger partial charge in [0.15, 0.2) is 5.00 Å². The van der Waals surface area contributed by atoms with Gasteiger partial charge in [0.25, 0.3) is 10.1 Å². The predicted octanol–water partition coefficient (Wildman–Crippen LogP) is 3.54. The first-order chi connectivity index (χ1) is 11.4. The third-order valence-electron chi connectivity index (χ3n) is 3.08. The normalized spacial score (nSPS) is 11.8. The second kappa shape index (κ2) is 5.97. The molecular formula is C14H8N4O4S2. The van der Waals surface area contributed by atoms with Gasteiger partial charge in [0.2, 0.25) is 0 Å². The molecule has 0 atom stereocenters. The van der Waals surface area contributed by atoms with Gasteiger partial charge in [0.05, 0.1) is 21.7 Å². The fourth-order valence-electron chi connectivity index (χ4n) is 1.92. The van der Waals surface area contributed by atoms with Gasteiger partial charge in [0.1, 0.15) is 11.8 Å². The summed E-state index contributed by atoms with van der Waals surface area (Å²) in [5.74, 6) is -0.155. The number of phenolic OH excluding ortho intramolecular Hbond substituents is 1. The zero-order valence-electron chi connectivity index (χ0n) is 11.8. The van der Waals surface area contributed by atoms with E-state index in [1.54, 1.807) is 0 Å². The summed E-state index contributed by atoms with van der Waals surface area (Å²) in [7, 11) is -4.33. The van der Waals surface area contributed by atoms with E-state index in [2.05, 4.69) is 14.6 Å². The molecule has 1 heterocycles. The number of fused-ring (bicyclic) bond motifs is 1. The molecule has 0 saturated carbocycles. The zero-order valence-corrected chi connectivity index (χ0v) is 13.4. The van der Waals surface area contributed by atoms with Gasteiger partial charge in [-0.2, -0.15) is 18.1 Å². The summed E-state index contributed by atoms with van der Waals surface area (Å²) in [6, 6.07) is 9.97. The Balaban J connectivity index is 2.03. The highest BCUT2D eigenvalue weighted by atomic mass is 32.2. The number of aromatic nitrogens is 1. The number of benzene rings is 2. The second-order valence-electron chi connectivity index (χ2n) is 4.66. The minimum Gasteiger partial charge on any atom is -0.507 e. The van der Waals surface area contributed by atoms with E-state index in [4.69, 9.17) is 9.81 Å². The van der Waals surface area contributed by atoms with Gasteiger partial charge in [-0.1, -0.05) is 0 Å². The highest BCUT2D eigenvalue weighted by molar-refractivity contribution is 7.85. The lowest BCUT2D eigenvalue weighted by Gasteiger charge is -1.97. The third-order valence-corrected chi connectivity index (χ3v) is 4.70. The Morgan fingerprint density at radius 3 is 2.67 bits per heavy atom. The number of aromatic hydroxyl groups is 1. The van der Waals surface area contributed by atoms with Crippen molar-refractivity contribution < 1.29 is 18.1 Å². The van der Waals surface area contributed by atoms with Crippen LogP contribution in [-0.4, -0.2) is 22.5 Å². The molecule has 2 N–H and O–H groups in total. The van der Waals surface area contributed by atoms with Crippen LogP contribution in [0.4, 0.5) is 10.7 Å². The van der Waals surface area contributed by atoms with Gasteiger partial charge in [-0.25, -0.2) is 0 Å². The Morgan fingerprint density at radius 1 is 1.17 bits per heavy atom. The third kappa shape index (κ3) is 3.09. The lowest BCUT2D eigenvalue weighted by atomic mass is 10.2. The van der Waals surface area contributed by atoms with Crippen LogP contribution in [0.1, 0.15) is 5.56 Å². The van der Waals surface area contributed by atoms with E-state index in [1.807, 2.05) is 6.07 Å². The van der Waals surface area contributed by atoms with Crippen molar-refractivity contribution in [1.82, 2.24) is 4.37 Å². The standard InChI is InChI=1S/C14H8N4O4S2/c15-7-8-5-9(1-4-13(8)19)16-17-14-11-6-10(24(20,21)22)2-3-12(11)18-23-14/h1-6,19H,(H,20,21,22). The zero-order chi connectivity index (χ0) is 17.3. The van der Waals surface area contributed by atoms with E-state index in [0.717, 1.165) is 11.5 Å². The van der Waals surface area contributed by atoms with Gasteiger partial charge in [-0.3, -0.25) is 4.55 Å². The molecule has 0 radical (unpaired) electrons. The van der Waals surface area contributed by atoms with Gasteiger partial charge >= 0.3 is 0 Å². The maximum atomic E-state index is 11.2. The molecular weight excluding hydrogens is 352 g/mol. The highest BCUT2D eigenvalue weighted by Crippen LogP contribution is 2.33. The molecule has 0 aliphatic heterocycles. The largest absolute Gasteiger partial charge is 0.507 e. The van der Waals surface area contributed by atoms with E-state index in [1.165, 1.54) is 36.4 Å². The number of nitrogens with zero attached hydrogens (tertiary/aromatic N) is 4. The smallest absolute Gasteiger partial charge is 0.294 e. The Labute approximate surface area is 140 Å². The van der Waals surface area contributed by atoms with Crippen molar-refractivity contribution in [2.45, 2.75) is 4.90 Å². The molecule has 8 nitrogen and oxygen atoms in total. The second-order valence-corrected chi connectivity index (χ2v) is 6.83. The minimum absolute atomic E-state index is 0.0641. The van der Waals surface area contributed by atoms with Gasteiger partial charge in [0, 0.05) is 5.39 Å². The van der Waals surface area contributed by atoms with Crippen molar-refractivity contribution in [2.75, 3.05) is 0 Å². The molecule has 0 amide bonds. The van der Waals surface area contributed by atoms with E-state index >= 15 is 0 Å². The fraction of sp³-hybridized carbons (Fsp3) is 0. The molecule has 3 rings (SSSR count). The van der Waals surface area contributed by atoms with Crippen LogP contribution in [0, 0.1) is 11.3 Å². The maximum absolute atomic E-state index is 11.2. The Morgan fingerprint density at radius 2 is 1.96 bits per heavy atom. The van der Waals surface area contributed by atoms with Crippen molar-refractivity contribution in [3.63, 3.8) is 0 Å². The molecule has 1 aromatic heterocycles. The minimum atomic E-state index is -4.33. The van der Waals surface area contributed by atoms with Crippen LogP contribution in [0.2, 0.25) is 0 Å². The van der Waals surface area contributed by atoms with Crippen LogP contribution in [-0.2, 0) is 10.1 Å². The van der Waals surface area contributed by atoms with Crippen molar-refractivity contribution in [1.29, 1.82) is 5.26 Å². The summed E-state index contributed by atoms with van der Waals surface area (Å²) in [6.07, 6.45) is 0. The number of rotatable bonds is 3. The van der Waals surface area contributed by atoms with Crippen LogP contribution in [0.5, 0.6) is 5.75 Å². The SMILES string of the molecule is N#Cc1cc(N=Nc2snc3ccc(S(=O)(=O)O)cc23)ccc1O. The quantitative estimate of drug-likeness (QED) is 0.541. The molecule has 3 aromatic rings. The van der Waals surface area contributed by atoms with Crippen molar-refractivity contribution in [3.05, 3.63) is 42.0 Å². The molecule has 2 aromatic carbocycles. The van der Waals surface area contributed by atoms with Crippen LogP contribution < -0.4 is 0 Å². The first-order valence-electron chi connectivity index (χ1n) is 6.40. The van der Waals surface area contributed by atoms with E-state index in [9.17, 15) is 13.5 Å². The summed E-state index contributed by atoms with van der Waals surface area (Å²) >= 11 is 1.01. The first kappa shape index (κ1) is 16.0. The first-order valence-corrected chi connectivity index (χ1v) is 8.61. The Kier molecular flexibility index (Phi) is 3.98. The highest BCUT2D eigenvalue weighted by Gasteiger charge is 2.13. The lowest BCUT2D eigenvalue weighted by molar-refractivity contribution is 0.473. The van der Waals surface area contributed by atoms with Crippen LogP contribution in [0.3, 0.4) is 0 Å². The molecule has 10 heteroatoms. The molecule has 0 saturated heterocycles. The van der Waals surface area contributed by atoms with Crippen molar-refractivity contribution in [3.8, 4) is 11.8 Å². The number of phenols is 1. The summed E-state index contributed by atoms with van der Waals surface area (Å²) < 4.78 is 35.7. The van der Waals surface area contributed by atoms with Crippen molar-refractivity contribution >= 4 is 43.2 Å². The van der Waals surface area contributed by atoms with E-state index < -0.39 is 10.1 Å². The van der Waals surface area contributed by atoms with Gasteiger partial charge in [-0.15, -0.1) is 10.2 Å². The molecule has 0 bridgehead atoms. The van der Waals surface area contributed by atoms with Gasteiger partial charge in [-0.05, 0) is 47.9 Å². The Bertz CT molecular complexity index is 1110. The number of hydrogen-bond acceptors (Lipinski definition) is 8. The predicted molar refractivity (Wildman–Crippen MR) is 86.4 cm³/mol. The van der Waals surface area contributed by atoms with Crippen LogP contribution in [0.25, 0.3) is 10.9 Å². The number of nitriles is 1. The van der Waals surface area contributed by atoms with Crippen LogP contribution >= 0.6 is 11.5 Å². The summed E-state index contributed by atoms with van der Waals surface area (Å²) in [5.41, 5.74) is 0.927. The van der Waals surface area contributed by atoms with E-state index in [-0.39, 0.29) is 16.2 Å². The Hall–Kier alpha value is -2.87. The topological polar surface area (TPSA) is 136 Å². The monoisotopic (exact) mass is 360 g/mol.